The molecule has 6 nitrogen and oxygen atoms in total. The van der Waals surface area contributed by atoms with Gasteiger partial charge in [0.05, 0.1) is 11.8 Å². The van der Waals surface area contributed by atoms with Crippen LogP contribution in [0.2, 0.25) is 0 Å². The van der Waals surface area contributed by atoms with Gasteiger partial charge in [-0.15, -0.1) is 0 Å². The van der Waals surface area contributed by atoms with Crippen molar-refractivity contribution in [3.63, 3.8) is 0 Å². The van der Waals surface area contributed by atoms with Gasteiger partial charge < -0.3 is 14.4 Å². The number of hydrogen-bond donors (Lipinski definition) is 1. The Balaban J connectivity index is 1.78. The first-order valence-electron chi connectivity index (χ1n) is 8.67. The van der Waals surface area contributed by atoms with Crippen LogP contribution in [0.3, 0.4) is 0 Å². The number of amides is 1. The lowest BCUT2D eigenvalue weighted by Crippen LogP contribution is -2.55. The summed E-state index contributed by atoms with van der Waals surface area (Å²) < 4.78 is 12.1. The maximum absolute atomic E-state index is 12.0. The summed E-state index contributed by atoms with van der Waals surface area (Å²) in [5, 5.41) is 4.13. The van der Waals surface area contributed by atoms with Crippen molar-refractivity contribution in [3.8, 4) is 11.5 Å². The average molecular weight is 329 g/mol. The number of rotatable bonds is 3. The Morgan fingerprint density at radius 3 is 2.83 bits per heavy atom. The monoisotopic (exact) mass is 329 g/mol. The molecule has 24 heavy (non-hydrogen) atoms. The number of carbonyl (C=O) groups excluding carboxylic acids is 1. The van der Waals surface area contributed by atoms with Crippen molar-refractivity contribution in [3.05, 3.63) is 17.7 Å². The highest BCUT2D eigenvalue weighted by atomic mass is 16.5. The van der Waals surface area contributed by atoms with Crippen molar-refractivity contribution >= 4 is 17.4 Å². The van der Waals surface area contributed by atoms with Gasteiger partial charge in [0.25, 0.3) is 5.91 Å². The quantitative estimate of drug-likeness (QED) is 0.926. The first-order valence-corrected chi connectivity index (χ1v) is 8.67. The SMILES string of the molecule is CC(C)c1cc2c(cc1OC1CCC1)N1C(=NNC(=O)C1C)CO2. The lowest BCUT2D eigenvalue weighted by atomic mass is 9.95. The maximum Gasteiger partial charge on any atom is 0.262 e. The number of anilines is 1. The molecule has 1 fully saturated rings. The van der Waals surface area contributed by atoms with Crippen molar-refractivity contribution in [1.82, 2.24) is 5.43 Å². The number of ether oxygens (including phenoxy) is 2. The minimum Gasteiger partial charge on any atom is -0.490 e. The van der Waals surface area contributed by atoms with Crippen LogP contribution < -0.4 is 19.8 Å². The van der Waals surface area contributed by atoms with Crippen LogP contribution in [0.4, 0.5) is 5.69 Å². The Bertz CT molecular complexity index is 710. The summed E-state index contributed by atoms with van der Waals surface area (Å²) in [5.74, 6) is 2.64. The maximum atomic E-state index is 12.0. The van der Waals surface area contributed by atoms with Crippen molar-refractivity contribution in [2.24, 2.45) is 5.10 Å². The third-order valence-electron chi connectivity index (χ3n) is 5.02. The number of fused-ring (bicyclic) bond motifs is 3. The number of nitrogens with zero attached hydrogens (tertiary/aromatic N) is 2. The van der Waals surface area contributed by atoms with Gasteiger partial charge in [0.1, 0.15) is 24.1 Å². The van der Waals surface area contributed by atoms with E-state index >= 15 is 0 Å². The number of amidine groups is 1. The summed E-state index contributed by atoms with van der Waals surface area (Å²) in [5.41, 5.74) is 4.56. The molecule has 1 saturated carbocycles. The molecule has 0 aromatic heterocycles. The smallest absolute Gasteiger partial charge is 0.262 e. The second-order valence-corrected chi connectivity index (χ2v) is 7.02. The zero-order valence-corrected chi connectivity index (χ0v) is 14.3. The molecule has 2 aliphatic heterocycles. The number of hydrogen-bond acceptors (Lipinski definition) is 5. The van der Waals surface area contributed by atoms with E-state index in [0.29, 0.717) is 18.6 Å². The third-order valence-corrected chi connectivity index (χ3v) is 5.02. The first kappa shape index (κ1) is 15.3. The Hall–Kier alpha value is -2.24. The van der Waals surface area contributed by atoms with Gasteiger partial charge in [0.15, 0.2) is 5.84 Å². The Morgan fingerprint density at radius 1 is 1.38 bits per heavy atom. The Kier molecular flexibility index (Phi) is 3.62. The summed E-state index contributed by atoms with van der Waals surface area (Å²) in [6.07, 6.45) is 3.76. The fourth-order valence-electron chi connectivity index (χ4n) is 3.29. The molecule has 4 rings (SSSR count). The summed E-state index contributed by atoms with van der Waals surface area (Å²) in [4.78, 5) is 14.0. The van der Waals surface area contributed by atoms with Crippen molar-refractivity contribution in [2.45, 2.75) is 58.1 Å². The average Bonchev–Trinajstić information content (AvgIpc) is 2.53. The van der Waals surface area contributed by atoms with Crippen LogP contribution in [-0.2, 0) is 4.79 Å². The molecule has 0 saturated heterocycles. The molecule has 3 aliphatic rings. The lowest BCUT2D eigenvalue weighted by Gasteiger charge is -2.39. The highest BCUT2D eigenvalue weighted by Crippen LogP contribution is 2.43. The van der Waals surface area contributed by atoms with Gasteiger partial charge in [-0.05, 0) is 38.2 Å². The van der Waals surface area contributed by atoms with E-state index in [-0.39, 0.29) is 11.9 Å². The van der Waals surface area contributed by atoms with E-state index in [0.717, 1.165) is 41.4 Å². The van der Waals surface area contributed by atoms with Gasteiger partial charge >= 0.3 is 0 Å². The fourth-order valence-corrected chi connectivity index (χ4v) is 3.29. The number of nitrogens with one attached hydrogen (secondary N) is 1. The number of hydrazone groups is 1. The van der Waals surface area contributed by atoms with Gasteiger partial charge in [-0.2, -0.15) is 5.10 Å². The summed E-state index contributed by atoms with van der Waals surface area (Å²) in [7, 11) is 0. The van der Waals surface area contributed by atoms with Gasteiger partial charge in [-0.25, -0.2) is 5.43 Å². The molecule has 2 heterocycles. The van der Waals surface area contributed by atoms with Crippen molar-refractivity contribution < 1.29 is 14.3 Å². The van der Waals surface area contributed by atoms with Crippen LogP contribution in [0.1, 0.15) is 51.5 Å². The zero-order valence-electron chi connectivity index (χ0n) is 14.3. The Morgan fingerprint density at radius 2 is 2.17 bits per heavy atom. The molecule has 1 unspecified atom stereocenters. The molecule has 1 amide bonds. The number of carbonyl (C=O) groups is 1. The molecular formula is C18H23N3O3. The summed E-state index contributed by atoms with van der Waals surface area (Å²) >= 11 is 0. The van der Waals surface area contributed by atoms with E-state index in [4.69, 9.17) is 9.47 Å². The highest BCUT2D eigenvalue weighted by molar-refractivity contribution is 6.09. The zero-order chi connectivity index (χ0) is 16.8. The largest absolute Gasteiger partial charge is 0.490 e. The highest BCUT2D eigenvalue weighted by Gasteiger charge is 2.36. The van der Waals surface area contributed by atoms with Gasteiger partial charge in [-0.3, -0.25) is 4.79 Å². The predicted molar refractivity (Wildman–Crippen MR) is 91.8 cm³/mol. The second-order valence-electron chi connectivity index (χ2n) is 7.02. The molecule has 1 N–H and O–H groups in total. The Labute approximate surface area is 141 Å². The molecule has 1 aliphatic carbocycles. The van der Waals surface area contributed by atoms with Crippen molar-refractivity contribution in [2.75, 3.05) is 11.5 Å². The lowest BCUT2D eigenvalue weighted by molar-refractivity contribution is -0.122. The summed E-state index contributed by atoms with van der Waals surface area (Å²) in [6.45, 7) is 6.55. The molecular weight excluding hydrogens is 306 g/mol. The van der Waals surface area contributed by atoms with Crippen LogP contribution in [0.25, 0.3) is 0 Å². The molecule has 1 aromatic carbocycles. The van der Waals surface area contributed by atoms with E-state index in [1.54, 1.807) is 0 Å². The van der Waals surface area contributed by atoms with Crippen LogP contribution in [-0.4, -0.2) is 30.5 Å². The molecule has 0 radical (unpaired) electrons. The topological polar surface area (TPSA) is 63.2 Å². The van der Waals surface area contributed by atoms with Gasteiger partial charge in [0, 0.05) is 11.6 Å². The number of benzene rings is 1. The van der Waals surface area contributed by atoms with E-state index in [9.17, 15) is 4.79 Å². The van der Waals surface area contributed by atoms with E-state index in [1.165, 1.54) is 6.42 Å². The van der Waals surface area contributed by atoms with Crippen LogP contribution in [0.5, 0.6) is 11.5 Å². The predicted octanol–water partition coefficient (Wildman–Crippen LogP) is 2.77. The standard InChI is InChI=1S/C18H23N3O3/c1-10(2)13-7-16-14(8-15(13)24-12-5-4-6-12)21-11(3)18(22)20-19-17(21)9-23-16/h7-8,10-12H,4-6,9H2,1-3H3,(H,20,22). The van der Waals surface area contributed by atoms with Crippen LogP contribution in [0.15, 0.2) is 17.2 Å². The minimum atomic E-state index is -0.318. The molecule has 6 heteroatoms. The summed E-state index contributed by atoms with van der Waals surface area (Å²) in [6, 6.07) is 3.76. The molecule has 0 bridgehead atoms. The van der Waals surface area contributed by atoms with Gasteiger partial charge in [-0.1, -0.05) is 13.8 Å². The second kappa shape index (κ2) is 5.69. The fraction of sp³-hybridized carbons (Fsp3) is 0.556. The third kappa shape index (κ3) is 2.41. The van der Waals surface area contributed by atoms with E-state index < -0.39 is 0 Å². The molecule has 1 aromatic rings. The minimum absolute atomic E-state index is 0.110. The molecule has 0 spiro atoms. The van der Waals surface area contributed by atoms with Crippen molar-refractivity contribution in [1.29, 1.82) is 0 Å². The first-order chi connectivity index (χ1) is 11.5. The normalized spacial score (nSPS) is 22.8. The molecule has 128 valence electrons. The van der Waals surface area contributed by atoms with E-state index in [1.807, 2.05) is 17.9 Å². The van der Waals surface area contributed by atoms with E-state index in [2.05, 4.69) is 30.4 Å². The van der Waals surface area contributed by atoms with Crippen LogP contribution >= 0.6 is 0 Å². The molecule has 1 atom stereocenters. The van der Waals surface area contributed by atoms with Gasteiger partial charge in [0.2, 0.25) is 0 Å². The van der Waals surface area contributed by atoms with Crippen LogP contribution in [0, 0.1) is 0 Å².